The highest BCUT2D eigenvalue weighted by molar-refractivity contribution is 5.82. The van der Waals surface area contributed by atoms with Gasteiger partial charge in [0.15, 0.2) is 6.10 Å². The van der Waals surface area contributed by atoms with Crippen molar-refractivity contribution in [1.29, 1.82) is 0 Å². The van der Waals surface area contributed by atoms with Gasteiger partial charge in [-0.2, -0.15) is 0 Å². The molecule has 0 N–H and O–H groups in total. The molecule has 126 valence electrons. The summed E-state index contributed by atoms with van der Waals surface area (Å²) in [6.07, 6.45) is 1.30. The van der Waals surface area contributed by atoms with Crippen molar-refractivity contribution in [3.8, 4) is 0 Å². The quantitative estimate of drug-likeness (QED) is 0.845. The molecule has 0 bridgehead atoms. The molecule has 1 aliphatic heterocycles. The number of nitrogens with zero attached hydrogens (tertiary/aromatic N) is 3. The van der Waals surface area contributed by atoms with Crippen LogP contribution in [0.15, 0.2) is 54.7 Å². The third-order valence-corrected chi connectivity index (χ3v) is 4.36. The zero-order valence-corrected chi connectivity index (χ0v) is 14.0. The molecule has 1 aromatic carbocycles. The minimum absolute atomic E-state index is 0.0428. The van der Waals surface area contributed by atoms with Crippen molar-refractivity contribution >= 4 is 5.91 Å². The number of piperazine rings is 1. The molecule has 1 aliphatic rings. The Labute approximate surface area is 142 Å². The summed E-state index contributed by atoms with van der Waals surface area (Å²) >= 11 is 0. The minimum atomic E-state index is -0.520. The maximum absolute atomic E-state index is 12.8. The van der Waals surface area contributed by atoms with Gasteiger partial charge in [-0.1, -0.05) is 36.4 Å². The molecule has 1 amide bonds. The second-order valence-corrected chi connectivity index (χ2v) is 5.95. The van der Waals surface area contributed by atoms with Gasteiger partial charge in [0.1, 0.15) is 0 Å². The summed E-state index contributed by atoms with van der Waals surface area (Å²) in [7, 11) is 1.59. The maximum atomic E-state index is 12.8. The fraction of sp³-hybridized carbons (Fsp3) is 0.368. The van der Waals surface area contributed by atoms with Crippen molar-refractivity contribution < 1.29 is 9.53 Å². The highest BCUT2D eigenvalue weighted by atomic mass is 16.5. The summed E-state index contributed by atoms with van der Waals surface area (Å²) in [4.78, 5) is 21.4. The van der Waals surface area contributed by atoms with Gasteiger partial charge in [0, 0.05) is 46.0 Å². The van der Waals surface area contributed by atoms with Gasteiger partial charge in [0.05, 0.1) is 5.69 Å². The first-order valence-corrected chi connectivity index (χ1v) is 8.26. The van der Waals surface area contributed by atoms with Crippen molar-refractivity contribution in [3.05, 3.63) is 66.0 Å². The number of hydrogen-bond donors (Lipinski definition) is 0. The molecule has 2 heterocycles. The number of carbonyl (C=O) groups excluding carboxylic acids is 1. The van der Waals surface area contributed by atoms with Gasteiger partial charge in [-0.3, -0.25) is 14.7 Å². The Morgan fingerprint density at radius 3 is 2.42 bits per heavy atom. The molecule has 0 saturated carbocycles. The lowest BCUT2D eigenvalue weighted by molar-refractivity contribution is -0.144. The van der Waals surface area contributed by atoms with Crippen LogP contribution in [0, 0.1) is 0 Å². The lowest BCUT2D eigenvalue weighted by atomic mass is 10.1. The average molecular weight is 325 g/mol. The summed E-state index contributed by atoms with van der Waals surface area (Å²) in [5, 5.41) is 0. The van der Waals surface area contributed by atoms with E-state index in [1.807, 2.05) is 59.6 Å². The Morgan fingerprint density at radius 2 is 1.79 bits per heavy atom. The molecule has 1 unspecified atom stereocenters. The highest BCUT2D eigenvalue weighted by Gasteiger charge is 2.28. The number of amides is 1. The van der Waals surface area contributed by atoms with E-state index in [1.165, 1.54) is 0 Å². The maximum Gasteiger partial charge on any atom is 0.256 e. The van der Waals surface area contributed by atoms with Crippen LogP contribution >= 0.6 is 0 Å². The summed E-state index contributed by atoms with van der Waals surface area (Å²) in [5.74, 6) is 0.0428. The SMILES string of the molecule is COC(C(=O)N1CCN(Cc2ccccn2)CC1)c1ccccc1. The van der Waals surface area contributed by atoms with Crippen LogP contribution in [-0.4, -0.2) is 54.0 Å². The lowest BCUT2D eigenvalue weighted by Gasteiger charge is -2.36. The van der Waals surface area contributed by atoms with Crippen LogP contribution in [0.1, 0.15) is 17.4 Å². The number of benzene rings is 1. The van der Waals surface area contributed by atoms with E-state index >= 15 is 0 Å². The van der Waals surface area contributed by atoms with Gasteiger partial charge in [-0.25, -0.2) is 0 Å². The molecule has 0 spiro atoms. The van der Waals surface area contributed by atoms with Gasteiger partial charge < -0.3 is 9.64 Å². The third-order valence-electron chi connectivity index (χ3n) is 4.36. The van der Waals surface area contributed by atoms with Crippen LogP contribution < -0.4 is 0 Å². The second-order valence-electron chi connectivity index (χ2n) is 5.95. The summed E-state index contributed by atoms with van der Waals surface area (Å²) < 4.78 is 5.46. The molecule has 2 aromatic rings. The Bertz CT molecular complexity index is 640. The van der Waals surface area contributed by atoms with Gasteiger partial charge >= 0.3 is 0 Å². The molecule has 24 heavy (non-hydrogen) atoms. The van der Waals surface area contributed by atoms with E-state index in [4.69, 9.17) is 4.74 Å². The summed E-state index contributed by atoms with van der Waals surface area (Å²) in [5.41, 5.74) is 1.97. The van der Waals surface area contributed by atoms with Crippen LogP contribution in [0.3, 0.4) is 0 Å². The van der Waals surface area contributed by atoms with Crippen molar-refractivity contribution in [2.24, 2.45) is 0 Å². The molecule has 1 saturated heterocycles. The van der Waals surface area contributed by atoms with E-state index < -0.39 is 6.10 Å². The van der Waals surface area contributed by atoms with E-state index in [2.05, 4.69) is 9.88 Å². The minimum Gasteiger partial charge on any atom is -0.367 e. The van der Waals surface area contributed by atoms with Gasteiger partial charge in [-0.15, -0.1) is 0 Å². The van der Waals surface area contributed by atoms with Crippen LogP contribution in [0.4, 0.5) is 0 Å². The van der Waals surface area contributed by atoms with Crippen LogP contribution in [0.25, 0.3) is 0 Å². The van der Waals surface area contributed by atoms with Crippen molar-refractivity contribution in [3.63, 3.8) is 0 Å². The topological polar surface area (TPSA) is 45.7 Å². The van der Waals surface area contributed by atoms with E-state index in [-0.39, 0.29) is 5.91 Å². The zero-order chi connectivity index (χ0) is 16.8. The van der Waals surface area contributed by atoms with Crippen LogP contribution in [0.5, 0.6) is 0 Å². The van der Waals surface area contributed by atoms with Gasteiger partial charge in [0.2, 0.25) is 0 Å². The molecule has 5 nitrogen and oxygen atoms in total. The first kappa shape index (κ1) is 16.6. The fourth-order valence-corrected chi connectivity index (χ4v) is 3.02. The average Bonchev–Trinajstić information content (AvgIpc) is 2.65. The predicted octanol–water partition coefficient (Wildman–Crippen LogP) is 2.11. The number of carbonyl (C=O) groups is 1. The fourth-order valence-electron chi connectivity index (χ4n) is 3.02. The van der Waals surface area contributed by atoms with Gasteiger partial charge in [0.25, 0.3) is 5.91 Å². The Balaban J connectivity index is 1.56. The lowest BCUT2D eigenvalue weighted by Crippen LogP contribution is -2.49. The summed E-state index contributed by atoms with van der Waals surface area (Å²) in [6.45, 7) is 3.98. The number of aromatic nitrogens is 1. The monoisotopic (exact) mass is 325 g/mol. The van der Waals surface area contributed by atoms with E-state index in [9.17, 15) is 4.79 Å². The first-order chi connectivity index (χ1) is 11.8. The van der Waals surface area contributed by atoms with Crippen LogP contribution in [0.2, 0.25) is 0 Å². The van der Waals surface area contributed by atoms with E-state index in [0.717, 1.165) is 44.0 Å². The molecule has 1 fully saturated rings. The molecule has 0 aliphatic carbocycles. The van der Waals surface area contributed by atoms with Crippen molar-refractivity contribution in [2.45, 2.75) is 12.6 Å². The predicted molar refractivity (Wildman–Crippen MR) is 92.3 cm³/mol. The third kappa shape index (κ3) is 3.99. The zero-order valence-electron chi connectivity index (χ0n) is 14.0. The molecular formula is C19H23N3O2. The molecule has 1 aromatic heterocycles. The first-order valence-electron chi connectivity index (χ1n) is 8.26. The number of pyridine rings is 1. The van der Waals surface area contributed by atoms with Crippen molar-refractivity contribution in [1.82, 2.24) is 14.8 Å². The Hall–Kier alpha value is -2.24. The normalized spacial score (nSPS) is 16.8. The second kappa shape index (κ2) is 8.04. The van der Waals surface area contributed by atoms with Crippen molar-refractivity contribution in [2.75, 3.05) is 33.3 Å². The van der Waals surface area contributed by atoms with E-state index in [0.29, 0.717) is 0 Å². The Kier molecular flexibility index (Phi) is 5.56. The summed E-state index contributed by atoms with van der Waals surface area (Å²) in [6, 6.07) is 15.6. The standard InChI is InChI=1S/C19H23N3O2/c1-24-18(16-7-3-2-4-8-16)19(23)22-13-11-21(12-14-22)15-17-9-5-6-10-20-17/h2-10,18H,11-15H2,1H3. The van der Waals surface area contributed by atoms with E-state index in [1.54, 1.807) is 7.11 Å². The molecule has 5 heteroatoms. The van der Waals surface area contributed by atoms with Gasteiger partial charge in [-0.05, 0) is 17.7 Å². The molecule has 0 radical (unpaired) electrons. The Morgan fingerprint density at radius 1 is 1.08 bits per heavy atom. The number of methoxy groups -OCH3 is 1. The number of ether oxygens (including phenoxy) is 1. The molecule has 1 atom stereocenters. The number of hydrogen-bond acceptors (Lipinski definition) is 4. The molecular weight excluding hydrogens is 302 g/mol. The highest BCUT2D eigenvalue weighted by Crippen LogP contribution is 2.20. The largest absolute Gasteiger partial charge is 0.367 e. The number of rotatable bonds is 5. The molecule has 3 rings (SSSR count). The van der Waals surface area contributed by atoms with Crippen LogP contribution in [-0.2, 0) is 16.1 Å². The smallest absolute Gasteiger partial charge is 0.256 e.